The van der Waals surface area contributed by atoms with Crippen LogP contribution in [0.15, 0.2) is 30.1 Å². The predicted octanol–water partition coefficient (Wildman–Crippen LogP) is 3.63. The van der Waals surface area contributed by atoms with Gasteiger partial charge in [-0.15, -0.1) is 0 Å². The van der Waals surface area contributed by atoms with Crippen molar-refractivity contribution in [2.75, 3.05) is 20.3 Å². The van der Waals surface area contributed by atoms with Gasteiger partial charge in [0.2, 0.25) is 0 Å². The number of methoxy groups -OCH3 is 1. The van der Waals surface area contributed by atoms with E-state index in [1.807, 2.05) is 39.0 Å². The Morgan fingerprint density at radius 2 is 2.00 bits per heavy atom. The molecule has 1 saturated heterocycles. The lowest BCUT2D eigenvalue weighted by atomic mass is 9.95. The van der Waals surface area contributed by atoms with E-state index in [-0.39, 0.29) is 37.1 Å². The van der Waals surface area contributed by atoms with Crippen LogP contribution in [0.5, 0.6) is 6.01 Å². The summed E-state index contributed by atoms with van der Waals surface area (Å²) in [5, 5.41) is 1.61. The zero-order valence-electron chi connectivity index (χ0n) is 22.6. The minimum Gasteiger partial charge on any atom is -0.469 e. The molecule has 2 aliphatic rings. The summed E-state index contributed by atoms with van der Waals surface area (Å²) in [4.78, 5) is 25.2. The van der Waals surface area contributed by atoms with Gasteiger partial charge in [0, 0.05) is 29.9 Å². The molecule has 2 aromatic heterocycles. The number of rotatable bonds is 5. The summed E-state index contributed by atoms with van der Waals surface area (Å²) in [5.74, 6) is 6.23. The van der Waals surface area contributed by atoms with Crippen molar-refractivity contribution in [3.63, 3.8) is 0 Å². The number of carbonyl (C=O) groups excluding carboxylic acids is 1. The minimum absolute atomic E-state index is 0.0640. The Bertz CT molecular complexity index is 1090. The third-order valence-corrected chi connectivity index (χ3v) is 6.56. The fourth-order valence-corrected chi connectivity index (χ4v) is 4.58. The van der Waals surface area contributed by atoms with Gasteiger partial charge in [0.15, 0.2) is 0 Å². The van der Waals surface area contributed by atoms with Gasteiger partial charge >= 0.3 is 12.0 Å². The van der Waals surface area contributed by atoms with Crippen LogP contribution in [0.1, 0.15) is 88.0 Å². The highest BCUT2D eigenvalue weighted by Crippen LogP contribution is 2.34. The normalized spacial score (nSPS) is 22.9. The summed E-state index contributed by atoms with van der Waals surface area (Å²) in [6.45, 7) is 8.75. The molecule has 1 fully saturated rings. The molecule has 37 heavy (non-hydrogen) atoms. The first kappa shape index (κ1) is 28.3. The maximum atomic E-state index is 11.7. The van der Waals surface area contributed by atoms with Gasteiger partial charge in [-0.1, -0.05) is 33.8 Å². The van der Waals surface area contributed by atoms with E-state index in [9.17, 15) is 4.79 Å². The number of aromatic nitrogens is 3. The second-order valence-corrected chi connectivity index (χ2v) is 9.01. The van der Waals surface area contributed by atoms with Crippen LogP contribution in [0.25, 0.3) is 5.70 Å². The summed E-state index contributed by atoms with van der Waals surface area (Å²) >= 11 is 0. The zero-order valence-corrected chi connectivity index (χ0v) is 22.6. The molecular formula is C27H40N6O4. The quantitative estimate of drug-likeness (QED) is 0.451. The molecule has 0 aliphatic carbocycles. The average Bonchev–Trinajstić information content (AvgIpc) is 2.97. The SMILES string of the molecule is CC.CCc1nc(/C(N)=C2\COc3nccc(n3)[C@H](C)CN2N)ccc1C1CCCC(CC(=O)OC)O1. The Kier molecular flexibility index (Phi) is 10.2. The standard InChI is InChI=1S/C25H34N6O4.C2H6/c1-4-18-17(22-7-5-6-16(35-22)12-23(32)33-3)8-9-20(29-18)24(26)21-14-34-25-28-11-10-19(30-25)15(2)13-31(21)27;1-2/h8-11,15-16,22H,4-7,12-14,26-27H2,1-3H3;1-2H3/b24-21-;/t15-,16?,22?;/m1./s1. The Labute approximate surface area is 219 Å². The Morgan fingerprint density at radius 3 is 2.73 bits per heavy atom. The summed E-state index contributed by atoms with van der Waals surface area (Å²) in [7, 11) is 1.40. The molecule has 10 nitrogen and oxygen atoms in total. The number of hydrogen-bond acceptors (Lipinski definition) is 10. The molecule has 202 valence electrons. The second-order valence-electron chi connectivity index (χ2n) is 9.01. The number of pyridine rings is 1. The topological polar surface area (TPSA) is 139 Å². The summed E-state index contributed by atoms with van der Waals surface area (Å²) in [6.07, 6.45) is 5.09. The summed E-state index contributed by atoms with van der Waals surface area (Å²) < 4.78 is 16.9. The molecule has 2 aliphatic heterocycles. The van der Waals surface area contributed by atoms with E-state index in [0.29, 0.717) is 36.1 Å². The van der Waals surface area contributed by atoms with Crippen molar-refractivity contribution in [1.82, 2.24) is 20.0 Å². The van der Waals surface area contributed by atoms with Gasteiger partial charge in [0.25, 0.3) is 0 Å². The molecule has 4 heterocycles. The molecule has 3 atom stereocenters. The number of fused-ring (bicyclic) bond motifs is 2. The molecule has 4 N–H and O–H groups in total. The van der Waals surface area contributed by atoms with E-state index in [4.69, 9.17) is 30.8 Å². The van der Waals surface area contributed by atoms with Crippen LogP contribution >= 0.6 is 0 Å². The molecule has 0 amide bonds. The molecule has 0 spiro atoms. The average molecular weight is 513 g/mol. The summed E-state index contributed by atoms with van der Waals surface area (Å²) in [6, 6.07) is 6.07. The van der Waals surface area contributed by atoms with Crippen molar-refractivity contribution in [3.8, 4) is 6.01 Å². The maximum Gasteiger partial charge on any atom is 0.316 e. The minimum atomic E-state index is -0.256. The number of aryl methyl sites for hydroxylation is 1. The Hall–Kier alpha value is -3.24. The van der Waals surface area contributed by atoms with Gasteiger partial charge in [0.05, 0.1) is 48.5 Å². The number of hydrazine groups is 1. The van der Waals surface area contributed by atoms with Crippen molar-refractivity contribution in [2.45, 2.75) is 77.9 Å². The smallest absolute Gasteiger partial charge is 0.316 e. The number of carbonyl (C=O) groups is 1. The monoisotopic (exact) mass is 512 g/mol. The van der Waals surface area contributed by atoms with E-state index in [1.165, 1.54) is 7.11 Å². The summed E-state index contributed by atoms with van der Waals surface area (Å²) in [5.41, 5.74) is 11.1. The third kappa shape index (κ3) is 6.95. The number of nitrogens with zero attached hydrogens (tertiary/aromatic N) is 4. The Morgan fingerprint density at radius 1 is 1.22 bits per heavy atom. The van der Waals surface area contributed by atoms with Crippen molar-refractivity contribution in [1.29, 1.82) is 0 Å². The van der Waals surface area contributed by atoms with Crippen molar-refractivity contribution < 1.29 is 19.0 Å². The zero-order chi connectivity index (χ0) is 26.9. The molecule has 2 unspecified atom stereocenters. The first-order valence-electron chi connectivity index (χ1n) is 13.1. The van der Waals surface area contributed by atoms with E-state index in [1.54, 1.807) is 11.2 Å². The predicted molar refractivity (Wildman–Crippen MR) is 141 cm³/mol. The Balaban J connectivity index is 0.00000186. The van der Waals surface area contributed by atoms with Crippen LogP contribution < -0.4 is 16.3 Å². The number of esters is 1. The highest BCUT2D eigenvalue weighted by atomic mass is 16.5. The fourth-order valence-electron chi connectivity index (χ4n) is 4.58. The first-order chi connectivity index (χ1) is 17.9. The molecule has 0 aromatic carbocycles. The first-order valence-corrected chi connectivity index (χ1v) is 13.1. The van der Waals surface area contributed by atoms with Crippen LogP contribution in [0, 0.1) is 0 Å². The maximum absolute atomic E-state index is 11.7. The lowest BCUT2D eigenvalue weighted by Gasteiger charge is -2.31. The van der Waals surface area contributed by atoms with Crippen LogP contribution in [0.3, 0.4) is 0 Å². The van der Waals surface area contributed by atoms with E-state index < -0.39 is 0 Å². The van der Waals surface area contributed by atoms with Gasteiger partial charge in [-0.25, -0.2) is 10.8 Å². The highest BCUT2D eigenvalue weighted by molar-refractivity contribution is 5.69. The van der Waals surface area contributed by atoms with Crippen LogP contribution in [0.4, 0.5) is 0 Å². The lowest BCUT2D eigenvalue weighted by molar-refractivity contribution is -0.147. The molecular weight excluding hydrogens is 472 g/mol. The van der Waals surface area contributed by atoms with Gasteiger partial charge in [-0.05, 0) is 37.8 Å². The van der Waals surface area contributed by atoms with Crippen LogP contribution in [-0.4, -0.2) is 52.3 Å². The number of ether oxygens (including phenoxy) is 3. The van der Waals surface area contributed by atoms with Crippen LogP contribution in [-0.2, 0) is 20.7 Å². The molecule has 0 saturated carbocycles. The molecule has 4 rings (SSSR count). The van der Waals surface area contributed by atoms with E-state index in [0.717, 1.165) is 36.2 Å². The molecule has 10 heteroatoms. The third-order valence-electron chi connectivity index (χ3n) is 6.56. The number of nitrogens with two attached hydrogens (primary N) is 2. The van der Waals surface area contributed by atoms with E-state index in [2.05, 4.69) is 16.9 Å². The molecule has 0 radical (unpaired) electrons. The van der Waals surface area contributed by atoms with Gasteiger partial charge < -0.3 is 25.0 Å². The number of hydrogen-bond donors (Lipinski definition) is 2. The van der Waals surface area contributed by atoms with Crippen LogP contribution in [0.2, 0.25) is 0 Å². The van der Waals surface area contributed by atoms with Crippen molar-refractivity contribution in [2.24, 2.45) is 11.6 Å². The van der Waals surface area contributed by atoms with Gasteiger partial charge in [0.1, 0.15) is 6.61 Å². The van der Waals surface area contributed by atoms with Gasteiger partial charge in [-0.2, -0.15) is 4.98 Å². The lowest BCUT2D eigenvalue weighted by Crippen LogP contribution is -2.37. The van der Waals surface area contributed by atoms with Crippen molar-refractivity contribution >= 4 is 11.7 Å². The highest BCUT2D eigenvalue weighted by Gasteiger charge is 2.28. The largest absolute Gasteiger partial charge is 0.469 e. The molecule has 2 aromatic rings. The molecule has 2 bridgehead atoms. The van der Waals surface area contributed by atoms with Crippen molar-refractivity contribution in [3.05, 3.63) is 52.7 Å². The van der Waals surface area contributed by atoms with Gasteiger partial charge in [-0.3, -0.25) is 9.78 Å². The fraction of sp³-hybridized carbons (Fsp3) is 0.556. The second kappa shape index (κ2) is 13.3. The van der Waals surface area contributed by atoms with E-state index >= 15 is 0 Å².